The van der Waals surface area contributed by atoms with Crippen molar-refractivity contribution in [2.24, 2.45) is 0 Å². The number of benzene rings is 2. The lowest BCUT2D eigenvalue weighted by molar-refractivity contribution is 0.0711. The third-order valence-corrected chi connectivity index (χ3v) is 5.21. The summed E-state index contributed by atoms with van der Waals surface area (Å²) in [5, 5.41) is 6.82. The molecule has 144 valence electrons. The van der Waals surface area contributed by atoms with Crippen LogP contribution in [-0.4, -0.2) is 46.2 Å². The van der Waals surface area contributed by atoms with Gasteiger partial charge in [0.25, 0.3) is 5.91 Å². The lowest BCUT2D eigenvalue weighted by atomic mass is 9.95. The highest BCUT2D eigenvalue weighted by atomic mass is 19.1. The van der Waals surface area contributed by atoms with Gasteiger partial charge in [0.1, 0.15) is 23.7 Å². The summed E-state index contributed by atoms with van der Waals surface area (Å²) >= 11 is 0. The number of H-pyrrole nitrogens is 1. The maximum Gasteiger partial charge on any atom is 0.253 e. The summed E-state index contributed by atoms with van der Waals surface area (Å²) in [5.74, 6) is 1.48. The minimum Gasteiger partial charge on any atom is -0.496 e. The molecule has 1 amide bonds. The monoisotopic (exact) mass is 380 g/mol. The van der Waals surface area contributed by atoms with E-state index in [2.05, 4.69) is 15.2 Å². The molecule has 0 bridgehead atoms. The molecule has 0 saturated carbocycles. The molecule has 2 aromatic carbocycles. The Morgan fingerprint density at radius 3 is 2.57 bits per heavy atom. The normalized spacial score (nSPS) is 14.9. The fraction of sp³-hybridized carbons (Fsp3) is 0.286. The highest BCUT2D eigenvalue weighted by Gasteiger charge is 2.26. The molecular formula is C21H21FN4O2. The molecular weight excluding hydrogens is 359 g/mol. The molecule has 6 nitrogen and oxygen atoms in total. The number of amides is 1. The molecule has 1 fully saturated rings. The first-order valence-corrected chi connectivity index (χ1v) is 9.24. The maximum absolute atomic E-state index is 13.6. The molecule has 1 N–H and O–H groups in total. The number of nitrogens with zero attached hydrogens (tertiary/aromatic N) is 3. The van der Waals surface area contributed by atoms with E-state index in [0.29, 0.717) is 35.9 Å². The van der Waals surface area contributed by atoms with Gasteiger partial charge in [-0.1, -0.05) is 12.1 Å². The van der Waals surface area contributed by atoms with Crippen LogP contribution >= 0.6 is 0 Å². The average molecular weight is 380 g/mol. The van der Waals surface area contributed by atoms with Gasteiger partial charge in [0, 0.05) is 30.1 Å². The number of methoxy groups -OCH3 is 1. The molecule has 1 aromatic heterocycles. The molecule has 0 atom stereocenters. The number of aromatic nitrogens is 3. The lowest BCUT2D eigenvalue weighted by Gasteiger charge is -2.31. The van der Waals surface area contributed by atoms with Crippen molar-refractivity contribution in [2.45, 2.75) is 18.8 Å². The van der Waals surface area contributed by atoms with Crippen LogP contribution in [0.3, 0.4) is 0 Å². The standard InChI is InChI=1S/C21H21FN4O2/c1-28-19-7-6-17(22)12-18(19)14-2-4-16(5-3-14)21(27)26-10-8-15(9-11-26)20-23-13-24-25-20/h2-7,12-13,15H,8-11H2,1H3,(H,23,24,25). The predicted octanol–water partition coefficient (Wildman–Crippen LogP) is 3.64. The second kappa shape index (κ2) is 7.80. The summed E-state index contributed by atoms with van der Waals surface area (Å²) in [6.45, 7) is 1.37. The fourth-order valence-electron chi connectivity index (χ4n) is 3.65. The van der Waals surface area contributed by atoms with Crippen molar-refractivity contribution >= 4 is 5.91 Å². The van der Waals surface area contributed by atoms with E-state index in [4.69, 9.17) is 4.74 Å². The minimum absolute atomic E-state index is 0.00813. The quantitative estimate of drug-likeness (QED) is 0.750. The Kier molecular flexibility index (Phi) is 5.06. The van der Waals surface area contributed by atoms with Crippen molar-refractivity contribution in [1.82, 2.24) is 20.1 Å². The van der Waals surface area contributed by atoms with Gasteiger partial charge in [0.15, 0.2) is 0 Å². The first-order chi connectivity index (χ1) is 13.7. The molecule has 28 heavy (non-hydrogen) atoms. The zero-order valence-corrected chi connectivity index (χ0v) is 15.6. The number of halogens is 1. The van der Waals surface area contributed by atoms with Crippen LogP contribution in [0.1, 0.15) is 34.9 Å². The highest BCUT2D eigenvalue weighted by Crippen LogP contribution is 2.31. The third-order valence-electron chi connectivity index (χ3n) is 5.21. The van der Waals surface area contributed by atoms with Crippen LogP contribution < -0.4 is 4.74 Å². The number of likely N-dealkylation sites (tertiary alicyclic amines) is 1. The summed E-state index contributed by atoms with van der Waals surface area (Å²) in [7, 11) is 1.55. The Hall–Kier alpha value is -3.22. The van der Waals surface area contributed by atoms with E-state index in [1.54, 1.807) is 25.3 Å². The van der Waals surface area contributed by atoms with E-state index in [1.807, 2.05) is 17.0 Å². The van der Waals surface area contributed by atoms with E-state index >= 15 is 0 Å². The van der Waals surface area contributed by atoms with Crippen LogP contribution in [0.5, 0.6) is 5.75 Å². The molecule has 0 unspecified atom stereocenters. The molecule has 0 radical (unpaired) electrons. The number of piperidine rings is 1. The number of hydrogen-bond acceptors (Lipinski definition) is 4. The topological polar surface area (TPSA) is 71.1 Å². The second-order valence-corrected chi connectivity index (χ2v) is 6.86. The summed E-state index contributed by atoms with van der Waals surface area (Å²) in [6, 6.07) is 11.6. The molecule has 1 aliphatic heterocycles. The third kappa shape index (κ3) is 3.60. The number of rotatable bonds is 4. The molecule has 2 heterocycles. The van der Waals surface area contributed by atoms with Crippen LogP contribution in [0.2, 0.25) is 0 Å². The number of carbonyl (C=O) groups excluding carboxylic acids is 1. The smallest absolute Gasteiger partial charge is 0.253 e. The molecule has 4 rings (SSSR count). The number of ether oxygens (including phenoxy) is 1. The van der Waals surface area contributed by atoms with Gasteiger partial charge in [-0.2, -0.15) is 5.10 Å². The first kappa shape index (κ1) is 18.2. The van der Waals surface area contributed by atoms with Crippen LogP contribution in [0.15, 0.2) is 48.8 Å². The zero-order valence-electron chi connectivity index (χ0n) is 15.6. The van der Waals surface area contributed by atoms with Crippen LogP contribution in [-0.2, 0) is 0 Å². The van der Waals surface area contributed by atoms with Crippen LogP contribution in [0, 0.1) is 5.82 Å². The van der Waals surface area contributed by atoms with Crippen molar-refractivity contribution in [3.63, 3.8) is 0 Å². The lowest BCUT2D eigenvalue weighted by Crippen LogP contribution is -2.38. The van der Waals surface area contributed by atoms with Gasteiger partial charge >= 0.3 is 0 Å². The Morgan fingerprint density at radius 1 is 1.18 bits per heavy atom. The molecule has 0 spiro atoms. The van der Waals surface area contributed by atoms with Gasteiger partial charge in [-0.25, -0.2) is 9.37 Å². The van der Waals surface area contributed by atoms with Crippen LogP contribution in [0.25, 0.3) is 11.1 Å². The predicted molar refractivity (Wildman–Crippen MR) is 103 cm³/mol. The Morgan fingerprint density at radius 2 is 1.93 bits per heavy atom. The van der Waals surface area contributed by atoms with E-state index in [1.165, 1.54) is 18.5 Å². The van der Waals surface area contributed by atoms with Crippen molar-refractivity contribution < 1.29 is 13.9 Å². The molecule has 7 heteroatoms. The fourth-order valence-corrected chi connectivity index (χ4v) is 3.65. The van der Waals surface area contributed by atoms with Gasteiger partial charge in [-0.15, -0.1) is 0 Å². The zero-order chi connectivity index (χ0) is 19.5. The summed E-state index contributed by atoms with van der Waals surface area (Å²) in [4.78, 5) is 18.9. The number of aromatic amines is 1. The summed E-state index contributed by atoms with van der Waals surface area (Å²) in [6.07, 6.45) is 3.24. The SMILES string of the molecule is COc1ccc(F)cc1-c1ccc(C(=O)N2CCC(c3ncn[nH]3)CC2)cc1. The van der Waals surface area contributed by atoms with Gasteiger partial charge in [-0.3, -0.25) is 9.89 Å². The van der Waals surface area contributed by atoms with Crippen molar-refractivity contribution in [3.8, 4) is 16.9 Å². The Labute approximate surface area is 162 Å². The minimum atomic E-state index is -0.328. The average Bonchev–Trinajstić information content (AvgIpc) is 3.28. The highest BCUT2D eigenvalue weighted by molar-refractivity contribution is 5.95. The Balaban J connectivity index is 1.46. The van der Waals surface area contributed by atoms with Gasteiger partial charge in [0.05, 0.1) is 7.11 Å². The number of carbonyl (C=O) groups is 1. The maximum atomic E-state index is 13.6. The second-order valence-electron chi connectivity index (χ2n) is 6.86. The number of nitrogens with one attached hydrogen (secondary N) is 1. The van der Waals surface area contributed by atoms with Crippen LogP contribution in [0.4, 0.5) is 4.39 Å². The van der Waals surface area contributed by atoms with E-state index < -0.39 is 0 Å². The van der Waals surface area contributed by atoms with Crippen molar-refractivity contribution in [1.29, 1.82) is 0 Å². The molecule has 0 aliphatic carbocycles. The van der Waals surface area contributed by atoms with Gasteiger partial charge < -0.3 is 9.64 Å². The van der Waals surface area contributed by atoms with Crippen molar-refractivity contribution in [3.05, 3.63) is 66.0 Å². The molecule has 3 aromatic rings. The molecule has 1 saturated heterocycles. The summed E-state index contributed by atoms with van der Waals surface area (Å²) in [5.41, 5.74) is 2.09. The van der Waals surface area contributed by atoms with E-state index in [-0.39, 0.29) is 11.7 Å². The first-order valence-electron chi connectivity index (χ1n) is 9.24. The Bertz CT molecular complexity index is 949. The number of hydrogen-bond donors (Lipinski definition) is 1. The van der Waals surface area contributed by atoms with E-state index in [9.17, 15) is 9.18 Å². The van der Waals surface area contributed by atoms with Gasteiger partial charge in [0.2, 0.25) is 0 Å². The van der Waals surface area contributed by atoms with Gasteiger partial charge in [-0.05, 0) is 48.7 Å². The van der Waals surface area contributed by atoms with Crippen molar-refractivity contribution in [2.75, 3.05) is 20.2 Å². The molecule has 1 aliphatic rings. The largest absolute Gasteiger partial charge is 0.496 e. The van der Waals surface area contributed by atoms with E-state index in [0.717, 1.165) is 24.2 Å². The summed E-state index contributed by atoms with van der Waals surface area (Å²) < 4.78 is 18.9.